The predicted molar refractivity (Wildman–Crippen MR) is 139 cm³/mol. The zero-order chi connectivity index (χ0) is 24.1. The van der Waals surface area contributed by atoms with E-state index in [1.54, 1.807) is 18.3 Å². The van der Waals surface area contributed by atoms with Crippen LogP contribution in [0.1, 0.15) is 16.9 Å². The first-order valence-electron chi connectivity index (χ1n) is 9.92. The van der Waals surface area contributed by atoms with Crippen molar-refractivity contribution in [2.75, 3.05) is 10.0 Å². The summed E-state index contributed by atoms with van der Waals surface area (Å²) in [7, 11) is -3.78. The van der Waals surface area contributed by atoms with Gasteiger partial charge in [0.25, 0.3) is 10.0 Å². The molecule has 2 aromatic heterocycles. The maximum absolute atomic E-state index is 12.6. The smallest absolute Gasteiger partial charge is 0.263 e. The molecule has 0 saturated carbocycles. The zero-order valence-electron chi connectivity index (χ0n) is 17.7. The monoisotopic (exact) mass is 572 g/mol. The summed E-state index contributed by atoms with van der Waals surface area (Å²) in [6, 6.07) is 16.1. The molecule has 8 nitrogen and oxygen atoms in total. The largest absolute Gasteiger partial charge is 0.360 e. The topological polar surface area (TPSA) is 121 Å². The Hall–Kier alpha value is -3.11. The zero-order valence-corrected chi connectivity index (χ0v) is 21.7. The molecule has 0 unspecified atom stereocenters. The fourth-order valence-electron chi connectivity index (χ4n) is 2.79. The number of hydrogen-bond acceptors (Lipinski definition) is 9. The van der Waals surface area contributed by atoms with Gasteiger partial charge in [0.2, 0.25) is 5.13 Å². The van der Waals surface area contributed by atoms with Crippen LogP contribution in [0, 0.1) is 11.3 Å². The van der Waals surface area contributed by atoms with Crippen molar-refractivity contribution in [2.45, 2.75) is 18.2 Å². The number of benzene rings is 2. The third kappa shape index (κ3) is 5.68. The second-order valence-electron chi connectivity index (χ2n) is 6.84. The van der Waals surface area contributed by atoms with Gasteiger partial charge >= 0.3 is 0 Å². The summed E-state index contributed by atoms with van der Waals surface area (Å²) >= 11 is 5.99. The lowest BCUT2D eigenvalue weighted by Crippen LogP contribution is -2.12. The summed E-state index contributed by atoms with van der Waals surface area (Å²) in [5, 5.41) is 23.8. The number of anilines is 2. The van der Waals surface area contributed by atoms with Crippen molar-refractivity contribution in [1.82, 2.24) is 15.2 Å². The number of thiazole rings is 1. The Morgan fingerprint density at radius 2 is 1.88 bits per heavy atom. The van der Waals surface area contributed by atoms with Gasteiger partial charge in [-0.3, -0.25) is 4.72 Å². The highest BCUT2D eigenvalue weighted by atomic mass is 79.9. The van der Waals surface area contributed by atoms with Gasteiger partial charge in [-0.1, -0.05) is 46.3 Å². The first kappa shape index (κ1) is 24.0. The molecule has 12 heteroatoms. The lowest BCUT2D eigenvalue weighted by molar-refractivity contribution is 0.601. The van der Waals surface area contributed by atoms with Crippen LogP contribution in [-0.4, -0.2) is 23.6 Å². The number of hydrogen-bond donors (Lipinski definition) is 2. The van der Waals surface area contributed by atoms with E-state index in [0.717, 1.165) is 20.7 Å². The number of aromatic nitrogens is 3. The summed E-state index contributed by atoms with van der Waals surface area (Å²) in [5.74, 6) is 0. The maximum atomic E-state index is 12.6. The van der Waals surface area contributed by atoms with Crippen molar-refractivity contribution in [3.05, 3.63) is 74.6 Å². The molecule has 2 aromatic carbocycles. The minimum Gasteiger partial charge on any atom is -0.360 e. The van der Waals surface area contributed by atoms with Crippen molar-refractivity contribution in [1.29, 1.82) is 5.26 Å². The van der Waals surface area contributed by atoms with Crippen molar-refractivity contribution in [3.63, 3.8) is 0 Å². The maximum Gasteiger partial charge on any atom is 0.263 e. The second kappa shape index (κ2) is 10.4. The number of halogens is 1. The minimum absolute atomic E-state index is 0.0925. The molecule has 0 saturated heterocycles. The van der Waals surface area contributed by atoms with Gasteiger partial charge in [-0.25, -0.2) is 13.4 Å². The molecule has 4 rings (SSSR count). The Kier molecular flexibility index (Phi) is 7.38. The average Bonchev–Trinajstić information content (AvgIpc) is 3.50. The number of nitrogens with one attached hydrogen (secondary N) is 2. The number of allylic oxidation sites excluding steroid dienone is 1. The second-order valence-corrected chi connectivity index (χ2v) is 11.4. The van der Waals surface area contributed by atoms with Crippen LogP contribution in [0.25, 0.3) is 16.8 Å². The van der Waals surface area contributed by atoms with Gasteiger partial charge in [-0.2, -0.15) is 5.26 Å². The predicted octanol–water partition coefficient (Wildman–Crippen LogP) is 5.76. The minimum atomic E-state index is -3.78. The molecule has 0 aliphatic rings. The van der Waals surface area contributed by atoms with Crippen molar-refractivity contribution < 1.29 is 8.42 Å². The van der Waals surface area contributed by atoms with Gasteiger partial charge in [0.05, 0.1) is 10.6 Å². The molecule has 0 aliphatic carbocycles. The van der Waals surface area contributed by atoms with Crippen molar-refractivity contribution in [3.8, 4) is 17.3 Å². The number of nitrogens with zero attached hydrogens (tertiary/aromatic N) is 4. The van der Waals surface area contributed by atoms with Gasteiger partial charge in [0, 0.05) is 27.3 Å². The standard InChI is InChI=1S/C22H17BrN6O2S3/c1-2-20-27-28-22(33-20)29-34(30,31)18-9-7-17(8-10-18)25-12-15(11-24)21-26-19(13-32-21)14-3-5-16(23)6-4-14/h3-10,12-13,25H,2H2,1H3,(H,28,29). The van der Waals surface area contributed by atoms with E-state index >= 15 is 0 Å². The molecule has 0 radical (unpaired) electrons. The van der Waals surface area contributed by atoms with E-state index in [1.165, 1.54) is 34.8 Å². The van der Waals surface area contributed by atoms with E-state index in [1.807, 2.05) is 36.6 Å². The third-order valence-electron chi connectivity index (χ3n) is 4.53. The van der Waals surface area contributed by atoms with E-state index in [4.69, 9.17) is 0 Å². The molecule has 34 heavy (non-hydrogen) atoms. The molecule has 0 amide bonds. The van der Waals surface area contributed by atoms with Crippen LogP contribution in [0.2, 0.25) is 0 Å². The van der Waals surface area contributed by atoms with Gasteiger partial charge in [0.1, 0.15) is 21.7 Å². The molecule has 0 atom stereocenters. The highest BCUT2D eigenvalue weighted by molar-refractivity contribution is 9.10. The summed E-state index contributed by atoms with van der Waals surface area (Å²) in [6.45, 7) is 1.92. The highest BCUT2D eigenvalue weighted by Gasteiger charge is 2.16. The van der Waals surface area contributed by atoms with Crippen LogP contribution < -0.4 is 10.0 Å². The van der Waals surface area contributed by atoms with Crippen LogP contribution in [0.15, 0.2) is 69.5 Å². The summed E-state index contributed by atoms with van der Waals surface area (Å²) < 4.78 is 28.6. The Morgan fingerprint density at radius 3 is 2.53 bits per heavy atom. The third-order valence-corrected chi connectivity index (χ3v) is 8.41. The summed E-state index contributed by atoms with van der Waals surface area (Å²) in [6.07, 6.45) is 2.24. The molecule has 4 aromatic rings. The molecule has 0 bridgehead atoms. The number of sulfonamides is 1. The van der Waals surface area contributed by atoms with Crippen molar-refractivity contribution >= 4 is 65.0 Å². The lowest BCUT2D eigenvalue weighted by atomic mass is 10.2. The normalized spacial score (nSPS) is 11.7. The van der Waals surface area contributed by atoms with E-state index in [-0.39, 0.29) is 10.0 Å². The molecule has 0 fully saturated rings. The Balaban J connectivity index is 1.45. The SMILES string of the molecule is CCc1nnc(NS(=O)(=O)c2ccc(NC=C(C#N)c3nc(-c4ccc(Br)cc4)cs3)cc2)s1. The van der Waals surface area contributed by atoms with Crippen LogP contribution in [0.3, 0.4) is 0 Å². The van der Waals surface area contributed by atoms with Crippen LogP contribution in [0.4, 0.5) is 10.8 Å². The molecule has 2 heterocycles. The molecule has 172 valence electrons. The van der Waals surface area contributed by atoms with Gasteiger partial charge in [0.15, 0.2) is 0 Å². The number of nitriles is 1. The van der Waals surface area contributed by atoms with Crippen LogP contribution >= 0.6 is 38.6 Å². The number of aryl methyl sites for hydroxylation is 1. The van der Waals surface area contributed by atoms with Crippen LogP contribution in [-0.2, 0) is 16.4 Å². The Bertz CT molecular complexity index is 1470. The highest BCUT2D eigenvalue weighted by Crippen LogP contribution is 2.27. The first-order valence-corrected chi connectivity index (χ1v) is 13.9. The number of rotatable bonds is 8. The van der Waals surface area contributed by atoms with E-state index in [9.17, 15) is 13.7 Å². The lowest BCUT2D eigenvalue weighted by Gasteiger charge is -2.06. The molecular weight excluding hydrogens is 556 g/mol. The van der Waals surface area contributed by atoms with Gasteiger partial charge < -0.3 is 5.32 Å². The first-order chi connectivity index (χ1) is 16.4. The van der Waals surface area contributed by atoms with Crippen molar-refractivity contribution in [2.24, 2.45) is 0 Å². The molecular formula is C22H17BrN6O2S3. The van der Waals surface area contributed by atoms with E-state index in [2.05, 4.69) is 47.2 Å². The Labute approximate surface area is 213 Å². The average molecular weight is 574 g/mol. The molecule has 2 N–H and O–H groups in total. The Morgan fingerprint density at radius 1 is 1.15 bits per heavy atom. The van der Waals surface area contributed by atoms with E-state index < -0.39 is 10.0 Å². The fourth-order valence-corrected chi connectivity index (χ4v) is 5.76. The summed E-state index contributed by atoms with van der Waals surface area (Å²) in [4.78, 5) is 4.65. The quantitative estimate of drug-likeness (QED) is 0.257. The van der Waals surface area contributed by atoms with Gasteiger partial charge in [-0.15, -0.1) is 21.5 Å². The molecule has 0 aliphatic heterocycles. The molecule has 0 spiro atoms. The van der Waals surface area contributed by atoms with Gasteiger partial charge in [-0.05, 0) is 42.8 Å². The summed E-state index contributed by atoms with van der Waals surface area (Å²) in [5.41, 5.74) is 2.74. The fraction of sp³-hybridized carbons (Fsp3) is 0.0909. The van der Waals surface area contributed by atoms with E-state index in [0.29, 0.717) is 22.7 Å². The van der Waals surface area contributed by atoms with Crippen LogP contribution in [0.5, 0.6) is 0 Å².